The van der Waals surface area contributed by atoms with Gasteiger partial charge in [-0.1, -0.05) is 42.5 Å². The van der Waals surface area contributed by atoms with Crippen molar-refractivity contribution >= 4 is 17.9 Å². The molecule has 3 aromatic rings. The lowest BCUT2D eigenvalue weighted by Crippen LogP contribution is -2.02. The summed E-state index contributed by atoms with van der Waals surface area (Å²) >= 11 is 0. The Hall–Kier alpha value is -3.80. The first-order valence-corrected chi connectivity index (χ1v) is 9.22. The summed E-state index contributed by atoms with van der Waals surface area (Å²) in [5, 5.41) is 13.4. The van der Waals surface area contributed by atoms with Crippen molar-refractivity contribution in [1.82, 2.24) is 0 Å². The number of nitrogens with one attached hydrogen (secondary N) is 1. The van der Waals surface area contributed by atoms with Crippen molar-refractivity contribution in [3.63, 3.8) is 0 Å². The van der Waals surface area contributed by atoms with Gasteiger partial charge < -0.3 is 14.6 Å². The van der Waals surface area contributed by atoms with Crippen molar-refractivity contribution in [2.24, 2.45) is 5.10 Å². The fourth-order valence-corrected chi connectivity index (χ4v) is 2.67. The maximum absolute atomic E-state index is 11.3. The van der Waals surface area contributed by atoms with E-state index < -0.39 is 5.97 Å². The lowest BCUT2D eigenvalue weighted by atomic mass is 10.2. The van der Waals surface area contributed by atoms with Gasteiger partial charge in [-0.25, -0.2) is 4.79 Å². The van der Waals surface area contributed by atoms with Crippen molar-refractivity contribution in [2.75, 3.05) is 12.0 Å². The van der Waals surface area contributed by atoms with E-state index in [1.165, 1.54) is 6.07 Å². The zero-order chi connectivity index (χ0) is 20.5. The molecule has 0 radical (unpaired) electrons. The molecule has 6 nitrogen and oxygen atoms in total. The molecule has 0 atom stereocenters. The third kappa shape index (κ3) is 5.59. The summed E-state index contributed by atoms with van der Waals surface area (Å²) in [7, 11) is 0. The molecule has 0 saturated carbocycles. The number of nitrogens with zero attached hydrogens (tertiary/aromatic N) is 1. The van der Waals surface area contributed by atoms with Gasteiger partial charge in [0.05, 0.1) is 24.1 Å². The molecule has 0 spiro atoms. The van der Waals surface area contributed by atoms with Gasteiger partial charge in [0.15, 0.2) is 11.5 Å². The van der Waals surface area contributed by atoms with E-state index >= 15 is 0 Å². The van der Waals surface area contributed by atoms with Crippen molar-refractivity contribution in [2.45, 2.75) is 13.5 Å². The zero-order valence-electron chi connectivity index (χ0n) is 16.0. The van der Waals surface area contributed by atoms with Crippen LogP contribution in [0.3, 0.4) is 0 Å². The molecule has 0 heterocycles. The number of para-hydroxylation sites is 1. The molecule has 0 aliphatic carbocycles. The number of carboxylic acids is 1. The first kappa shape index (κ1) is 19.9. The smallest absolute Gasteiger partial charge is 0.337 e. The molecular formula is C23H22N2O4. The van der Waals surface area contributed by atoms with Crippen molar-refractivity contribution in [3.05, 3.63) is 89.5 Å². The Bertz CT molecular complexity index is 987. The molecule has 0 aliphatic heterocycles. The summed E-state index contributed by atoms with van der Waals surface area (Å²) in [6.45, 7) is 2.86. The number of carboxylic acid groups (broad SMARTS) is 1. The van der Waals surface area contributed by atoms with E-state index in [0.29, 0.717) is 30.4 Å². The first-order chi connectivity index (χ1) is 14.2. The van der Waals surface area contributed by atoms with Gasteiger partial charge in [0, 0.05) is 0 Å². The topological polar surface area (TPSA) is 80.2 Å². The highest BCUT2D eigenvalue weighted by Crippen LogP contribution is 2.29. The van der Waals surface area contributed by atoms with Crippen LogP contribution in [-0.2, 0) is 6.61 Å². The van der Waals surface area contributed by atoms with Crippen LogP contribution in [0.4, 0.5) is 5.69 Å². The summed E-state index contributed by atoms with van der Waals surface area (Å²) in [4.78, 5) is 11.3. The van der Waals surface area contributed by atoms with Gasteiger partial charge in [0.1, 0.15) is 6.61 Å². The van der Waals surface area contributed by atoms with Gasteiger partial charge in [0.2, 0.25) is 0 Å². The molecule has 3 rings (SSSR count). The normalized spacial score (nSPS) is 10.7. The van der Waals surface area contributed by atoms with Crippen LogP contribution in [-0.4, -0.2) is 23.9 Å². The van der Waals surface area contributed by atoms with Crippen molar-refractivity contribution in [3.8, 4) is 11.5 Å². The summed E-state index contributed by atoms with van der Waals surface area (Å²) in [5.41, 5.74) is 5.21. The number of rotatable bonds is 9. The predicted octanol–water partition coefficient (Wildman–Crippen LogP) is 4.81. The minimum atomic E-state index is -1.01. The van der Waals surface area contributed by atoms with Crippen LogP contribution in [0.1, 0.15) is 28.4 Å². The van der Waals surface area contributed by atoms with E-state index in [2.05, 4.69) is 10.5 Å². The maximum Gasteiger partial charge on any atom is 0.337 e. The van der Waals surface area contributed by atoms with Crippen LogP contribution < -0.4 is 14.9 Å². The fraction of sp³-hybridized carbons (Fsp3) is 0.130. The van der Waals surface area contributed by atoms with Gasteiger partial charge in [-0.2, -0.15) is 5.10 Å². The summed E-state index contributed by atoms with van der Waals surface area (Å²) < 4.78 is 11.6. The quantitative estimate of drug-likeness (QED) is 0.405. The SMILES string of the molecule is CCOc1cc(/C=N/Nc2ccccc2C(=O)O)ccc1OCc1ccccc1. The highest BCUT2D eigenvalue weighted by Gasteiger charge is 2.08. The van der Waals surface area contributed by atoms with Gasteiger partial charge in [0.25, 0.3) is 0 Å². The Morgan fingerprint density at radius 2 is 1.76 bits per heavy atom. The van der Waals surface area contributed by atoms with E-state index in [0.717, 1.165) is 11.1 Å². The van der Waals surface area contributed by atoms with Gasteiger partial charge in [-0.05, 0) is 48.4 Å². The van der Waals surface area contributed by atoms with Crippen LogP contribution in [0, 0.1) is 0 Å². The van der Waals surface area contributed by atoms with Crippen LogP contribution in [0.15, 0.2) is 77.9 Å². The monoisotopic (exact) mass is 390 g/mol. The number of hydrogen-bond acceptors (Lipinski definition) is 5. The Kier molecular flexibility index (Phi) is 6.84. The molecule has 0 aromatic heterocycles. The van der Waals surface area contributed by atoms with E-state index in [1.807, 2.05) is 55.5 Å². The number of aromatic carboxylic acids is 1. The lowest BCUT2D eigenvalue weighted by molar-refractivity contribution is 0.0698. The third-order valence-electron chi connectivity index (χ3n) is 4.06. The molecule has 2 N–H and O–H groups in total. The van der Waals surface area contributed by atoms with E-state index in [1.54, 1.807) is 24.4 Å². The van der Waals surface area contributed by atoms with E-state index in [-0.39, 0.29) is 5.56 Å². The summed E-state index contributed by atoms with van der Waals surface area (Å²) in [6.07, 6.45) is 1.60. The average Bonchev–Trinajstić information content (AvgIpc) is 2.74. The number of anilines is 1. The highest BCUT2D eigenvalue weighted by molar-refractivity contribution is 5.94. The summed E-state index contributed by atoms with van der Waals surface area (Å²) in [5.74, 6) is 0.261. The third-order valence-corrected chi connectivity index (χ3v) is 4.06. The van der Waals surface area contributed by atoms with Crippen LogP contribution in [0.2, 0.25) is 0 Å². The van der Waals surface area contributed by atoms with Gasteiger partial charge >= 0.3 is 5.97 Å². The van der Waals surface area contributed by atoms with E-state index in [9.17, 15) is 9.90 Å². The largest absolute Gasteiger partial charge is 0.490 e. The number of hydrogen-bond donors (Lipinski definition) is 2. The minimum absolute atomic E-state index is 0.157. The Labute approximate surface area is 169 Å². The molecule has 0 aliphatic rings. The molecule has 0 fully saturated rings. The highest BCUT2D eigenvalue weighted by atomic mass is 16.5. The molecule has 0 bridgehead atoms. The fourth-order valence-electron chi connectivity index (χ4n) is 2.67. The van der Waals surface area contributed by atoms with Crippen LogP contribution in [0.5, 0.6) is 11.5 Å². The maximum atomic E-state index is 11.3. The standard InChI is InChI=1S/C23H22N2O4/c1-2-28-22-14-18(12-13-21(22)29-16-17-8-4-3-5-9-17)15-24-25-20-11-7-6-10-19(20)23(26)27/h3-15,25H,2,16H2,1H3,(H,26,27)/b24-15+. The molecule has 0 unspecified atom stereocenters. The Morgan fingerprint density at radius 1 is 1.00 bits per heavy atom. The number of hydrazone groups is 1. The van der Waals surface area contributed by atoms with Crippen LogP contribution >= 0.6 is 0 Å². The zero-order valence-corrected chi connectivity index (χ0v) is 16.0. The second-order valence-electron chi connectivity index (χ2n) is 6.13. The molecular weight excluding hydrogens is 368 g/mol. The molecule has 0 saturated heterocycles. The number of carbonyl (C=O) groups is 1. The number of ether oxygens (including phenoxy) is 2. The Morgan fingerprint density at radius 3 is 2.52 bits per heavy atom. The Balaban J connectivity index is 1.71. The van der Waals surface area contributed by atoms with Crippen LogP contribution in [0.25, 0.3) is 0 Å². The van der Waals surface area contributed by atoms with Gasteiger partial charge in [-0.15, -0.1) is 0 Å². The molecule has 3 aromatic carbocycles. The van der Waals surface area contributed by atoms with Crippen molar-refractivity contribution < 1.29 is 19.4 Å². The first-order valence-electron chi connectivity index (χ1n) is 9.22. The second kappa shape index (κ2) is 9.94. The summed E-state index contributed by atoms with van der Waals surface area (Å²) in [6, 6.07) is 22.0. The molecule has 148 valence electrons. The minimum Gasteiger partial charge on any atom is -0.490 e. The number of benzene rings is 3. The molecule has 6 heteroatoms. The van der Waals surface area contributed by atoms with Gasteiger partial charge in [-0.3, -0.25) is 5.43 Å². The molecule has 0 amide bonds. The lowest BCUT2D eigenvalue weighted by Gasteiger charge is -2.12. The second-order valence-corrected chi connectivity index (χ2v) is 6.13. The van der Waals surface area contributed by atoms with E-state index in [4.69, 9.17) is 9.47 Å². The molecule has 29 heavy (non-hydrogen) atoms. The predicted molar refractivity (Wildman–Crippen MR) is 113 cm³/mol. The average molecular weight is 390 g/mol. The van der Waals surface area contributed by atoms with Crippen molar-refractivity contribution in [1.29, 1.82) is 0 Å².